The number of nitrogens with two attached hydrogens (primary N) is 1. The van der Waals surface area contributed by atoms with Gasteiger partial charge in [0.05, 0.1) is 22.6 Å². The third-order valence-corrected chi connectivity index (χ3v) is 4.51. The SMILES string of the molecule is Nc1ccc(C(=O)NC2CCC(=O)NC2=O)c2c1NC(OC(=O)C(F)(F)F)(C(F)(F)F)N2. The molecule has 0 spiro atoms. The van der Waals surface area contributed by atoms with Crippen LogP contribution in [-0.2, 0) is 19.1 Å². The lowest BCUT2D eigenvalue weighted by atomic mass is 10.0. The van der Waals surface area contributed by atoms with Crippen LogP contribution < -0.4 is 27.0 Å². The Morgan fingerprint density at radius 1 is 1.09 bits per heavy atom. The summed E-state index contributed by atoms with van der Waals surface area (Å²) in [6.07, 6.45) is -11.6. The number of nitrogen functional groups attached to an aromatic ring is 1. The third-order valence-electron chi connectivity index (χ3n) is 4.51. The van der Waals surface area contributed by atoms with Crippen LogP contribution in [0.15, 0.2) is 12.1 Å². The Kier molecular flexibility index (Phi) is 5.35. The van der Waals surface area contributed by atoms with Crippen molar-refractivity contribution < 1.29 is 50.3 Å². The number of hydrogen-bond acceptors (Lipinski definition) is 8. The fourth-order valence-corrected chi connectivity index (χ4v) is 2.97. The molecular weight excluding hydrogens is 456 g/mol. The summed E-state index contributed by atoms with van der Waals surface area (Å²) in [5, 5.41) is 7.29. The number of anilines is 3. The summed E-state index contributed by atoms with van der Waals surface area (Å²) in [7, 11) is 0. The van der Waals surface area contributed by atoms with Crippen LogP contribution in [0.1, 0.15) is 23.2 Å². The van der Waals surface area contributed by atoms with Gasteiger partial charge >= 0.3 is 24.2 Å². The van der Waals surface area contributed by atoms with Gasteiger partial charge in [-0.3, -0.25) is 19.7 Å². The first kappa shape index (κ1) is 23.0. The molecule has 2 atom stereocenters. The molecule has 3 amide bonds. The standard InChI is InChI=1S/C16H13F6N5O5/c17-14(18,19)13(31)32-16(15(20,21)22)26-9-5(1-2-6(23)10(9)27-16)11(29)24-7-3-4-8(28)25-12(7)30/h1-2,7,26-27H,3-4,23H2,(H,24,29)(H,25,28,30). The predicted octanol–water partition coefficient (Wildman–Crippen LogP) is 0.963. The summed E-state index contributed by atoms with van der Waals surface area (Å²) >= 11 is 0. The number of nitrogens with one attached hydrogen (secondary N) is 4. The predicted molar refractivity (Wildman–Crippen MR) is 92.7 cm³/mol. The smallest absolute Gasteiger partial charge is 0.404 e. The normalized spacial score (nSPS) is 22.9. The Labute approximate surface area is 173 Å². The van der Waals surface area contributed by atoms with Gasteiger partial charge in [0.25, 0.3) is 5.91 Å². The Balaban J connectivity index is 1.94. The number of fused-ring (bicyclic) bond motifs is 1. The zero-order chi connectivity index (χ0) is 24.1. The highest BCUT2D eigenvalue weighted by Crippen LogP contribution is 2.48. The molecule has 10 nitrogen and oxygen atoms in total. The van der Waals surface area contributed by atoms with Crippen LogP contribution in [0.5, 0.6) is 0 Å². The summed E-state index contributed by atoms with van der Waals surface area (Å²) in [6, 6.07) is 0.728. The van der Waals surface area contributed by atoms with E-state index in [4.69, 9.17) is 5.73 Å². The van der Waals surface area contributed by atoms with Gasteiger partial charge in [0.2, 0.25) is 11.8 Å². The number of halogens is 6. The number of carbonyl (C=O) groups is 4. The number of rotatable bonds is 3. The third kappa shape index (κ3) is 4.06. The van der Waals surface area contributed by atoms with Crippen LogP contribution in [-0.4, -0.2) is 47.9 Å². The van der Waals surface area contributed by atoms with Crippen molar-refractivity contribution in [1.29, 1.82) is 0 Å². The molecule has 2 heterocycles. The van der Waals surface area contributed by atoms with Crippen LogP contribution in [0.2, 0.25) is 0 Å². The van der Waals surface area contributed by atoms with E-state index in [9.17, 15) is 45.5 Å². The second-order valence-corrected chi connectivity index (χ2v) is 6.75. The summed E-state index contributed by atoms with van der Waals surface area (Å²) < 4.78 is 82.3. The Hall–Kier alpha value is -3.72. The lowest BCUT2D eigenvalue weighted by Crippen LogP contribution is -2.59. The summed E-state index contributed by atoms with van der Waals surface area (Å²) in [4.78, 5) is 46.7. The molecule has 0 bridgehead atoms. The van der Waals surface area contributed by atoms with Gasteiger partial charge in [-0.05, 0) is 18.6 Å². The first-order chi connectivity index (χ1) is 14.6. The number of benzene rings is 1. The van der Waals surface area contributed by atoms with E-state index in [2.05, 4.69) is 10.1 Å². The van der Waals surface area contributed by atoms with Crippen LogP contribution in [0.3, 0.4) is 0 Å². The number of esters is 1. The fraction of sp³-hybridized carbons (Fsp3) is 0.375. The molecule has 32 heavy (non-hydrogen) atoms. The topological polar surface area (TPSA) is 152 Å². The van der Waals surface area contributed by atoms with Crippen molar-refractivity contribution in [1.82, 2.24) is 10.6 Å². The van der Waals surface area contributed by atoms with Crippen molar-refractivity contribution in [2.24, 2.45) is 0 Å². The minimum Gasteiger partial charge on any atom is -0.404 e. The molecule has 2 aliphatic heterocycles. The second-order valence-electron chi connectivity index (χ2n) is 6.75. The van der Waals surface area contributed by atoms with E-state index >= 15 is 0 Å². The largest absolute Gasteiger partial charge is 0.491 e. The maximum absolute atomic E-state index is 13.7. The zero-order valence-corrected chi connectivity index (χ0v) is 15.5. The van der Waals surface area contributed by atoms with Gasteiger partial charge in [-0.15, -0.1) is 0 Å². The van der Waals surface area contributed by atoms with Crippen molar-refractivity contribution in [2.75, 3.05) is 16.4 Å². The van der Waals surface area contributed by atoms with Crippen molar-refractivity contribution in [3.05, 3.63) is 17.7 Å². The molecule has 2 aliphatic rings. The number of piperidine rings is 1. The van der Waals surface area contributed by atoms with E-state index < -0.39 is 70.6 Å². The van der Waals surface area contributed by atoms with E-state index in [-0.39, 0.29) is 12.8 Å². The van der Waals surface area contributed by atoms with E-state index in [0.29, 0.717) is 0 Å². The minimum absolute atomic E-state index is 0.0884. The maximum atomic E-state index is 13.7. The Morgan fingerprint density at radius 2 is 1.72 bits per heavy atom. The molecule has 174 valence electrons. The number of alkyl halides is 6. The highest BCUT2D eigenvalue weighted by molar-refractivity contribution is 6.09. The van der Waals surface area contributed by atoms with Crippen molar-refractivity contribution in [3.8, 4) is 0 Å². The van der Waals surface area contributed by atoms with Gasteiger partial charge in [-0.1, -0.05) is 0 Å². The molecule has 0 radical (unpaired) electrons. The Morgan fingerprint density at radius 3 is 2.28 bits per heavy atom. The Bertz CT molecular complexity index is 1010. The van der Waals surface area contributed by atoms with Gasteiger partial charge in [-0.25, -0.2) is 4.79 Å². The van der Waals surface area contributed by atoms with Gasteiger partial charge < -0.3 is 26.4 Å². The maximum Gasteiger partial charge on any atom is 0.491 e. The molecule has 1 aromatic rings. The molecule has 0 aromatic heterocycles. The number of ether oxygens (including phenoxy) is 1. The molecule has 6 N–H and O–H groups in total. The van der Waals surface area contributed by atoms with Gasteiger partial charge in [0.15, 0.2) is 0 Å². The van der Waals surface area contributed by atoms with E-state index in [1.165, 1.54) is 0 Å². The fourth-order valence-electron chi connectivity index (χ4n) is 2.97. The lowest BCUT2D eigenvalue weighted by molar-refractivity contribution is -0.266. The summed E-state index contributed by atoms with van der Waals surface area (Å²) in [6.45, 7) is 0. The molecular formula is C16H13F6N5O5. The van der Waals surface area contributed by atoms with Crippen LogP contribution in [0.4, 0.5) is 43.4 Å². The molecule has 1 aromatic carbocycles. The lowest BCUT2D eigenvalue weighted by Gasteiger charge is -2.32. The van der Waals surface area contributed by atoms with Crippen molar-refractivity contribution in [3.63, 3.8) is 0 Å². The van der Waals surface area contributed by atoms with E-state index in [1.807, 2.05) is 5.32 Å². The number of imide groups is 1. The number of amides is 3. The highest BCUT2D eigenvalue weighted by Gasteiger charge is 2.65. The van der Waals surface area contributed by atoms with Gasteiger partial charge in [-0.2, -0.15) is 26.3 Å². The molecule has 2 unspecified atom stereocenters. The number of hydrogen-bond donors (Lipinski definition) is 5. The molecule has 0 aliphatic carbocycles. The van der Waals surface area contributed by atoms with Gasteiger partial charge in [0.1, 0.15) is 6.04 Å². The van der Waals surface area contributed by atoms with Crippen LogP contribution in [0.25, 0.3) is 0 Å². The first-order valence-electron chi connectivity index (χ1n) is 8.65. The van der Waals surface area contributed by atoms with Crippen LogP contribution in [0, 0.1) is 0 Å². The quantitative estimate of drug-likeness (QED) is 0.190. The zero-order valence-electron chi connectivity index (χ0n) is 15.5. The van der Waals surface area contributed by atoms with E-state index in [1.54, 1.807) is 10.6 Å². The van der Waals surface area contributed by atoms with E-state index in [0.717, 1.165) is 12.1 Å². The molecule has 1 saturated heterocycles. The van der Waals surface area contributed by atoms with Crippen LogP contribution >= 0.6 is 0 Å². The highest BCUT2D eigenvalue weighted by atomic mass is 19.4. The molecule has 0 saturated carbocycles. The average molecular weight is 469 g/mol. The number of carbonyl (C=O) groups excluding carboxylic acids is 4. The monoisotopic (exact) mass is 469 g/mol. The van der Waals surface area contributed by atoms with Crippen molar-refractivity contribution >= 4 is 40.8 Å². The molecule has 1 fully saturated rings. The molecule has 16 heteroatoms. The molecule has 3 rings (SSSR count). The summed E-state index contributed by atoms with van der Waals surface area (Å²) in [5.74, 6) is -9.78. The first-order valence-corrected chi connectivity index (χ1v) is 8.65. The average Bonchev–Trinajstić information content (AvgIpc) is 3.05. The van der Waals surface area contributed by atoms with Gasteiger partial charge in [0, 0.05) is 6.42 Å². The minimum atomic E-state index is -5.76. The summed E-state index contributed by atoms with van der Waals surface area (Å²) in [5.41, 5.74) is 3.23. The van der Waals surface area contributed by atoms with Crippen molar-refractivity contribution in [2.45, 2.75) is 37.1 Å². The second kappa shape index (κ2) is 7.45.